The summed E-state index contributed by atoms with van der Waals surface area (Å²) in [5, 5.41) is 9.23. The predicted molar refractivity (Wildman–Crippen MR) is 79.6 cm³/mol. The fourth-order valence-corrected chi connectivity index (χ4v) is 3.41. The minimum atomic E-state index is -0.874. The molecule has 1 aliphatic carbocycles. The number of carboxylic acid groups (broad SMARTS) is 1. The fraction of sp³-hybridized carbons (Fsp3) is 0.312. The Kier molecular flexibility index (Phi) is 4.48. The molecule has 1 N–H and O–H groups in total. The molecule has 0 radical (unpaired) electrons. The van der Waals surface area contributed by atoms with Crippen LogP contribution in [0.3, 0.4) is 0 Å². The van der Waals surface area contributed by atoms with Crippen molar-refractivity contribution in [3.63, 3.8) is 0 Å². The van der Waals surface area contributed by atoms with Crippen molar-refractivity contribution in [3.05, 3.63) is 52.5 Å². The van der Waals surface area contributed by atoms with Crippen LogP contribution in [-0.2, 0) is 0 Å². The summed E-state index contributed by atoms with van der Waals surface area (Å²) in [7, 11) is 0. The molecule has 2 rings (SSSR count). The van der Waals surface area contributed by atoms with Gasteiger partial charge in [0.1, 0.15) is 0 Å². The van der Waals surface area contributed by atoms with Gasteiger partial charge in [0.2, 0.25) is 0 Å². The van der Waals surface area contributed by atoms with Crippen molar-refractivity contribution < 1.29 is 9.90 Å². The summed E-state index contributed by atoms with van der Waals surface area (Å²) in [6.45, 7) is 6.28. The standard InChI is InChI=1S/C16H18O2S/c1-11-7-3-4-8-12(2)15(11)19-14-10-6-5-9-13(14)16(17)18/h5-6,9-10H,1,3-4,7-8H2,2H3,(H,17,18). The molecule has 100 valence electrons. The number of rotatable bonds is 3. The van der Waals surface area contributed by atoms with E-state index in [0.29, 0.717) is 5.56 Å². The highest BCUT2D eigenvalue weighted by Gasteiger charge is 2.16. The van der Waals surface area contributed by atoms with Crippen LogP contribution in [-0.4, -0.2) is 11.1 Å². The second-order valence-corrected chi connectivity index (χ2v) is 5.88. The van der Waals surface area contributed by atoms with Crippen LogP contribution in [0.1, 0.15) is 43.0 Å². The first kappa shape index (κ1) is 13.9. The lowest BCUT2D eigenvalue weighted by Crippen LogP contribution is -1.99. The first-order valence-corrected chi connectivity index (χ1v) is 7.29. The summed E-state index contributed by atoms with van der Waals surface area (Å²) in [5.74, 6) is -0.874. The Balaban J connectivity index is 2.34. The smallest absolute Gasteiger partial charge is 0.336 e. The number of thioether (sulfide) groups is 1. The molecule has 0 amide bonds. The zero-order chi connectivity index (χ0) is 13.8. The molecule has 0 aromatic heterocycles. The average molecular weight is 274 g/mol. The van der Waals surface area contributed by atoms with Gasteiger partial charge in [-0.05, 0) is 50.3 Å². The molecule has 0 saturated heterocycles. The highest BCUT2D eigenvalue weighted by molar-refractivity contribution is 8.03. The zero-order valence-electron chi connectivity index (χ0n) is 11.1. The minimum absolute atomic E-state index is 0.366. The number of allylic oxidation sites excluding steroid dienone is 2. The van der Waals surface area contributed by atoms with E-state index >= 15 is 0 Å². The van der Waals surface area contributed by atoms with Crippen LogP contribution in [0.25, 0.3) is 0 Å². The van der Waals surface area contributed by atoms with E-state index in [0.717, 1.165) is 23.3 Å². The second-order valence-electron chi connectivity index (χ2n) is 4.82. The molecule has 1 aromatic carbocycles. The maximum absolute atomic E-state index is 11.2. The summed E-state index contributed by atoms with van der Waals surface area (Å²) in [5.41, 5.74) is 2.83. The Morgan fingerprint density at radius 3 is 2.68 bits per heavy atom. The maximum atomic E-state index is 11.2. The van der Waals surface area contributed by atoms with Gasteiger partial charge in [-0.2, -0.15) is 0 Å². The van der Waals surface area contributed by atoms with Gasteiger partial charge in [-0.3, -0.25) is 0 Å². The Labute approximate surface area is 118 Å². The molecule has 1 aliphatic rings. The third kappa shape index (κ3) is 3.29. The monoisotopic (exact) mass is 274 g/mol. The summed E-state index contributed by atoms with van der Waals surface area (Å²) in [6.07, 6.45) is 4.45. The summed E-state index contributed by atoms with van der Waals surface area (Å²) >= 11 is 1.55. The van der Waals surface area contributed by atoms with Gasteiger partial charge >= 0.3 is 5.97 Å². The summed E-state index contributed by atoms with van der Waals surface area (Å²) in [4.78, 5) is 13.2. The molecular weight excluding hydrogens is 256 g/mol. The number of carboxylic acids is 1. The van der Waals surface area contributed by atoms with Crippen molar-refractivity contribution >= 4 is 17.7 Å². The van der Waals surface area contributed by atoms with Crippen LogP contribution in [0, 0.1) is 0 Å². The molecule has 0 fully saturated rings. The molecule has 0 heterocycles. The highest BCUT2D eigenvalue weighted by atomic mass is 32.2. The Bertz CT molecular complexity index is 543. The zero-order valence-corrected chi connectivity index (χ0v) is 11.9. The number of aromatic carboxylic acids is 1. The van der Waals surface area contributed by atoms with Gasteiger partial charge in [-0.15, -0.1) is 0 Å². The lowest BCUT2D eigenvalue weighted by Gasteiger charge is -2.12. The SMILES string of the molecule is C=C1CCCCC(C)=C1Sc1ccccc1C(=O)O. The first-order valence-electron chi connectivity index (χ1n) is 6.47. The van der Waals surface area contributed by atoms with Crippen LogP contribution in [0.5, 0.6) is 0 Å². The van der Waals surface area contributed by atoms with Crippen LogP contribution in [0.2, 0.25) is 0 Å². The first-order chi connectivity index (χ1) is 9.09. The molecule has 3 heteroatoms. The highest BCUT2D eigenvalue weighted by Crippen LogP contribution is 2.40. The Morgan fingerprint density at radius 2 is 1.95 bits per heavy atom. The third-order valence-corrected chi connectivity index (χ3v) is 4.74. The normalized spacial score (nSPS) is 16.4. The number of hydrogen-bond donors (Lipinski definition) is 1. The topological polar surface area (TPSA) is 37.3 Å². The number of hydrogen-bond acceptors (Lipinski definition) is 2. The van der Waals surface area contributed by atoms with E-state index in [1.165, 1.54) is 23.3 Å². The summed E-state index contributed by atoms with van der Waals surface area (Å²) < 4.78 is 0. The van der Waals surface area contributed by atoms with Crippen LogP contribution < -0.4 is 0 Å². The molecule has 1 aromatic rings. The van der Waals surface area contributed by atoms with Gasteiger partial charge in [0, 0.05) is 9.80 Å². The van der Waals surface area contributed by atoms with Crippen LogP contribution in [0.4, 0.5) is 0 Å². The molecule has 19 heavy (non-hydrogen) atoms. The van der Waals surface area contributed by atoms with Crippen molar-refractivity contribution in [2.24, 2.45) is 0 Å². The molecule has 0 atom stereocenters. The predicted octanol–water partition coefficient (Wildman–Crippen LogP) is 4.88. The Morgan fingerprint density at radius 1 is 1.26 bits per heavy atom. The average Bonchev–Trinajstić information content (AvgIpc) is 2.54. The summed E-state index contributed by atoms with van der Waals surface area (Å²) in [6, 6.07) is 7.16. The van der Waals surface area contributed by atoms with Crippen LogP contribution in [0.15, 0.2) is 51.8 Å². The van der Waals surface area contributed by atoms with E-state index < -0.39 is 5.97 Å². The van der Waals surface area contributed by atoms with Crippen molar-refractivity contribution in [2.45, 2.75) is 37.5 Å². The molecular formula is C16H18O2S. The molecule has 2 nitrogen and oxygen atoms in total. The maximum Gasteiger partial charge on any atom is 0.336 e. The molecule has 0 spiro atoms. The molecule has 0 unspecified atom stereocenters. The molecule has 0 aliphatic heterocycles. The van der Waals surface area contributed by atoms with Crippen molar-refractivity contribution in [3.8, 4) is 0 Å². The number of benzene rings is 1. The van der Waals surface area contributed by atoms with E-state index in [1.54, 1.807) is 23.9 Å². The van der Waals surface area contributed by atoms with Gasteiger partial charge in [-0.25, -0.2) is 4.79 Å². The van der Waals surface area contributed by atoms with Crippen molar-refractivity contribution in [1.29, 1.82) is 0 Å². The van der Waals surface area contributed by atoms with Gasteiger partial charge < -0.3 is 5.11 Å². The van der Waals surface area contributed by atoms with E-state index in [9.17, 15) is 9.90 Å². The molecule has 0 saturated carbocycles. The third-order valence-electron chi connectivity index (χ3n) is 3.32. The lowest BCUT2D eigenvalue weighted by molar-refractivity contribution is 0.0693. The molecule has 0 bridgehead atoms. The van der Waals surface area contributed by atoms with E-state index in [2.05, 4.69) is 13.5 Å². The van der Waals surface area contributed by atoms with E-state index in [4.69, 9.17) is 0 Å². The van der Waals surface area contributed by atoms with E-state index in [1.807, 2.05) is 12.1 Å². The lowest BCUT2D eigenvalue weighted by atomic mass is 10.1. The largest absolute Gasteiger partial charge is 0.478 e. The van der Waals surface area contributed by atoms with Crippen molar-refractivity contribution in [1.82, 2.24) is 0 Å². The van der Waals surface area contributed by atoms with Crippen LogP contribution >= 0.6 is 11.8 Å². The van der Waals surface area contributed by atoms with Gasteiger partial charge in [-0.1, -0.05) is 36.0 Å². The van der Waals surface area contributed by atoms with E-state index in [-0.39, 0.29) is 0 Å². The quantitative estimate of drug-likeness (QED) is 0.853. The minimum Gasteiger partial charge on any atom is -0.478 e. The Hall–Kier alpha value is -1.48. The van der Waals surface area contributed by atoms with Gasteiger partial charge in [0.15, 0.2) is 0 Å². The number of carbonyl (C=O) groups is 1. The van der Waals surface area contributed by atoms with Gasteiger partial charge in [0.05, 0.1) is 5.56 Å². The van der Waals surface area contributed by atoms with Gasteiger partial charge in [0.25, 0.3) is 0 Å². The fourth-order valence-electron chi connectivity index (χ4n) is 2.26. The second kappa shape index (κ2) is 6.11. The van der Waals surface area contributed by atoms with Crippen molar-refractivity contribution in [2.75, 3.05) is 0 Å².